The van der Waals surface area contributed by atoms with Crippen molar-refractivity contribution in [3.63, 3.8) is 0 Å². The number of ether oxygens (including phenoxy) is 1. The third-order valence-electron chi connectivity index (χ3n) is 7.26. The lowest BCUT2D eigenvalue weighted by atomic mass is 10.0. The van der Waals surface area contributed by atoms with Crippen LogP contribution in [0.4, 0.5) is 17.1 Å². The van der Waals surface area contributed by atoms with Crippen LogP contribution in [-0.4, -0.2) is 6.10 Å². The van der Waals surface area contributed by atoms with Gasteiger partial charge in [0.2, 0.25) is 0 Å². The Kier molecular flexibility index (Phi) is 7.06. The van der Waals surface area contributed by atoms with E-state index in [2.05, 4.69) is 119 Å². The van der Waals surface area contributed by atoms with Gasteiger partial charge in [-0.1, -0.05) is 78.9 Å². The van der Waals surface area contributed by atoms with Crippen LogP contribution in [-0.2, 0) is 4.74 Å². The highest BCUT2D eigenvalue weighted by Crippen LogP contribution is 2.37. The average molecular weight is 530 g/mol. The maximum absolute atomic E-state index is 9.28. The monoisotopic (exact) mass is 529 g/mol. The molecule has 0 N–H and O–H groups in total. The van der Waals surface area contributed by atoms with Gasteiger partial charge in [0, 0.05) is 23.5 Å². The van der Waals surface area contributed by atoms with E-state index in [-0.39, 0.29) is 11.8 Å². The fourth-order valence-electron chi connectivity index (χ4n) is 5.26. The van der Waals surface area contributed by atoms with Crippen molar-refractivity contribution in [2.24, 2.45) is 0 Å². The molecule has 0 fully saturated rings. The number of allylic oxidation sites excluding steroid dienone is 3. The topological polar surface area (TPSA) is 40.6 Å². The van der Waals surface area contributed by atoms with Gasteiger partial charge in [-0.05, 0) is 88.2 Å². The zero-order chi connectivity index (χ0) is 28.2. The molecule has 4 nitrogen and oxygen atoms in total. The second-order valence-corrected chi connectivity index (χ2v) is 10.1. The van der Waals surface area contributed by atoms with Crippen molar-refractivity contribution >= 4 is 44.7 Å². The molecule has 1 atom stereocenters. The van der Waals surface area contributed by atoms with Crippen LogP contribution in [0.5, 0.6) is 0 Å². The van der Waals surface area contributed by atoms with E-state index in [1.165, 1.54) is 21.5 Å². The Hall–Kier alpha value is -5.58. The molecule has 41 heavy (non-hydrogen) atoms. The maximum Gasteiger partial charge on any atom is 0.265 e. The van der Waals surface area contributed by atoms with Crippen LogP contribution in [0.1, 0.15) is 18.9 Å². The summed E-state index contributed by atoms with van der Waals surface area (Å²) in [4.78, 5) is 5.65. The Labute approximate surface area is 240 Å². The minimum absolute atomic E-state index is 0.0976. The summed E-state index contributed by atoms with van der Waals surface area (Å²) in [5, 5.41) is 14.1. The highest BCUT2D eigenvalue weighted by atomic mass is 16.5. The fraction of sp³-hybridized carbons (Fsp3) is 0.0811. The van der Waals surface area contributed by atoms with Gasteiger partial charge < -0.3 is 9.64 Å². The van der Waals surface area contributed by atoms with Crippen LogP contribution < -0.4 is 4.90 Å². The SMILES string of the molecule is [C-]#[N+]C(C#N)=C1C=C(/C=C/c2ccc(N(c3ccc4ccccc4c3)c3ccc4ccccc4c3)cc2)OC(C)C1. The number of nitriles is 1. The van der Waals surface area contributed by atoms with E-state index in [4.69, 9.17) is 11.3 Å². The third-order valence-corrected chi connectivity index (χ3v) is 7.26. The van der Waals surface area contributed by atoms with E-state index in [9.17, 15) is 5.26 Å². The molecule has 1 aliphatic heterocycles. The normalized spacial score (nSPS) is 16.1. The first-order chi connectivity index (χ1) is 20.1. The highest BCUT2D eigenvalue weighted by Gasteiger charge is 2.17. The summed E-state index contributed by atoms with van der Waals surface area (Å²) >= 11 is 0. The molecule has 1 heterocycles. The number of rotatable bonds is 5. The summed E-state index contributed by atoms with van der Waals surface area (Å²) in [6.07, 6.45) is 6.14. The van der Waals surface area contributed by atoms with Crippen LogP contribution in [0.2, 0.25) is 0 Å². The average Bonchev–Trinajstić information content (AvgIpc) is 3.01. The smallest absolute Gasteiger partial charge is 0.265 e. The Morgan fingerprint density at radius 3 is 1.93 bits per heavy atom. The summed E-state index contributed by atoms with van der Waals surface area (Å²) in [6.45, 7) is 9.22. The number of anilines is 3. The molecule has 0 spiro atoms. The van der Waals surface area contributed by atoms with Crippen LogP contribution in [0, 0.1) is 17.9 Å². The number of hydrogen-bond acceptors (Lipinski definition) is 3. The lowest BCUT2D eigenvalue weighted by Gasteiger charge is -2.26. The first-order valence-corrected chi connectivity index (χ1v) is 13.6. The second kappa shape index (κ2) is 11.3. The van der Waals surface area contributed by atoms with Crippen LogP contribution in [0.25, 0.3) is 32.5 Å². The van der Waals surface area contributed by atoms with E-state index in [1.54, 1.807) is 6.08 Å². The predicted molar refractivity (Wildman–Crippen MR) is 168 cm³/mol. The van der Waals surface area contributed by atoms with Gasteiger partial charge >= 0.3 is 0 Å². The summed E-state index contributed by atoms with van der Waals surface area (Å²) in [7, 11) is 0. The van der Waals surface area contributed by atoms with E-state index < -0.39 is 0 Å². The number of hydrogen-bond donors (Lipinski definition) is 0. The van der Waals surface area contributed by atoms with Gasteiger partial charge in [-0.15, -0.1) is 0 Å². The molecule has 0 bridgehead atoms. The van der Waals surface area contributed by atoms with E-state index in [0.717, 1.165) is 28.2 Å². The molecule has 0 aliphatic carbocycles. The highest BCUT2D eigenvalue weighted by molar-refractivity contribution is 5.92. The summed E-state index contributed by atoms with van der Waals surface area (Å²) in [5.74, 6) is 0.646. The van der Waals surface area contributed by atoms with Gasteiger partial charge in [-0.2, -0.15) is 0 Å². The fourth-order valence-corrected chi connectivity index (χ4v) is 5.26. The van der Waals surface area contributed by atoms with E-state index in [1.807, 2.05) is 25.1 Å². The summed E-state index contributed by atoms with van der Waals surface area (Å²) < 4.78 is 5.94. The molecule has 0 aromatic heterocycles. The van der Waals surface area contributed by atoms with Crippen molar-refractivity contribution in [3.05, 3.63) is 155 Å². The molecule has 196 valence electrons. The molecule has 1 aliphatic rings. The van der Waals surface area contributed by atoms with Gasteiger partial charge in [-0.25, -0.2) is 10.1 Å². The Bertz CT molecular complexity index is 1840. The Morgan fingerprint density at radius 1 is 0.805 bits per heavy atom. The minimum atomic E-state index is -0.0976. The lowest BCUT2D eigenvalue weighted by Crippen LogP contribution is -2.13. The molecule has 0 saturated carbocycles. The Morgan fingerprint density at radius 2 is 1.37 bits per heavy atom. The van der Waals surface area contributed by atoms with Crippen molar-refractivity contribution in [3.8, 4) is 6.07 Å². The molecule has 6 rings (SSSR count). The van der Waals surface area contributed by atoms with Crippen molar-refractivity contribution in [1.29, 1.82) is 5.26 Å². The Balaban J connectivity index is 1.36. The molecule has 4 heteroatoms. The first kappa shape index (κ1) is 25.7. The second-order valence-electron chi connectivity index (χ2n) is 10.1. The van der Waals surface area contributed by atoms with Gasteiger partial charge in [0.05, 0.1) is 18.7 Å². The largest absolute Gasteiger partial charge is 0.490 e. The maximum atomic E-state index is 9.28. The van der Waals surface area contributed by atoms with Crippen molar-refractivity contribution in [2.45, 2.75) is 19.4 Å². The molecular formula is C37H27N3O. The van der Waals surface area contributed by atoms with Crippen LogP contribution in [0.3, 0.4) is 0 Å². The zero-order valence-electron chi connectivity index (χ0n) is 22.7. The summed E-state index contributed by atoms with van der Waals surface area (Å²) in [5.41, 5.74) is 5.09. The number of fused-ring (bicyclic) bond motifs is 2. The number of nitrogens with zero attached hydrogens (tertiary/aromatic N) is 3. The standard InChI is InChI=1S/C37H27N3O/c1-26-21-32(37(25-38)39-2)24-36(41-26)20-13-27-11-16-33(17-12-27)40(34-18-14-28-7-3-5-9-30(28)22-34)35-19-15-29-8-4-6-10-31(29)23-35/h3-20,22-24,26H,21H2,1H3/b20-13+,37-32?. The predicted octanol–water partition coefficient (Wildman–Crippen LogP) is 9.87. The van der Waals surface area contributed by atoms with Gasteiger partial charge in [0.15, 0.2) is 0 Å². The quantitative estimate of drug-likeness (QED) is 0.168. The zero-order valence-corrected chi connectivity index (χ0v) is 22.7. The third kappa shape index (κ3) is 5.46. The lowest BCUT2D eigenvalue weighted by molar-refractivity contribution is 0.133. The van der Waals surface area contributed by atoms with Crippen LogP contribution >= 0.6 is 0 Å². The van der Waals surface area contributed by atoms with Crippen molar-refractivity contribution in [1.82, 2.24) is 0 Å². The molecular weight excluding hydrogens is 502 g/mol. The van der Waals surface area contributed by atoms with E-state index >= 15 is 0 Å². The summed E-state index contributed by atoms with van der Waals surface area (Å²) in [6, 6.07) is 40.4. The molecule has 5 aromatic carbocycles. The number of benzene rings is 5. The van der Waals surface area contributed by atoms with E-state index in [0.29, 0.717) is 12.2 Å². The molecule has 0 saturated heterocycles. The van der Waals surface area contributed by atoms with Gasteiger partial charge in [0.25, 0.3) is 5.70 Å². The van der Waals surface area contributed by atoms with Gasteiger partial charge in [0.1, 0.15) is 5.76 Å². The molecule has 0 radical (unpaired) electrons. The van der Waals surface area contributed by atoms with Gasteiger partial charge in [-0.3, -0.25) is 0 Å². The molecule has 0 amide bonds. The van der Waals surface area contributed by atoms with Crippen molar-refractivity contribution in [2.75, 3.05) is 4.90 Å². The van der Waals surface area contributed by atoms with Crippen molar-refractivity contribution < 1.29 is 4.74 Å². The molecule has 1 unspecified atom stereocenters. The minimum Gasteiger partial charge on any atom is -0.490 e. The van der Waals surface area contributed by atoms with Crippen LogP contribution in [0.15, 0.2) is 138 Å². The molecule has 5 aromatic rings. The first-order valence-electron chi connectivity index (χ1n) is 13.6.